The van der Waals surface area contributed by atoms with E-state index in [9.17, 15) is 14.4 Å². The second kappa shape index (κ2) is 17.2. The average molecular weight is 771 g/mol. The van der Waals surface area contributed by atoms with Crippen molar-refractivity contribution in [2.45, 2.75) is 64.6 Å². The van der Waals surface area contributed by atoms with Crippen molar-refractivity contribution in [3.8, 4) is 11.1 Å². The smallest absolute Gasteiger partial charge is 0.410 e. The van der Waals surface area contributed by atoms with Gasteiger partial charge in [0.2, 0.25) is 5.91 Å². The maximum absolute atomic E-state index is 14.9. The quantitative estimate of drug-likeness (QED) is 0.0880. The number of ether oxygens (including phenoxy) is 2. The number of carbonyl (C=O) groups is 3. The van der Waals surface area contributed by atoms with Gasteiger partial charge in [0.25, 0.3) is 0 Å². The Morgan fingerprint density at radius 3 is 1.80 bits per heavy atom. The molecule has 5 aromatic rings. The molecule has 6 rings (SSSR count). The van der Waals surface area contributed by atoms with Crippen LogP contribution in [-0.4, -0.2) is 60.6 Å². The second-order valence-corrected chi connectivity index (χ2v) is 15.9. The van der Waals surface area contributed by atoms with Gasteiger partial charge in [-0.15, -0.1) is 0 Å². The Labute approximate surface area is 336 Å². The molecule has 0 saturated heterocycles. The Morgan fingerprint density at radius 2 is 1.23 bits per heavy atom. The molecule has 0 radical (unpaired) electrons. The van der Waals surface area contributed by atoms with Gasteiger partial charge >= 0.3 is 12.1 Å². The summed E-state index contributed by atoms with van der Waals surface area (Å²) in [6.07, 6.45) is -0.246. The zero-order valence-electron chi connectivity index (χ0n) is 33.2. The van der Waals surface area contributed by atoms with Crippen molar-refractivity contribution < 1.29 is 23.9 Å². The molecule has 290 valence electrons. The molecule has 8 heteroatoms. The average Bonchev–Trinajstić information content (AvgIpc) is 3.51. The third-order valence-electron chi connectivity index (χ3n) is 10.9. The largest absolute Gasteiger partial charge is 0.448 e. The Kier molecular flexibility index (Phi) is 12.3. The Balaban J connectivity index is 1.29. The first kappa shape index (κ1) is 40.3. The standard InChI is InChI=1S/C48H51ClN2O5/c1-31(2)29-43(50(6)47(54)55-30-40-38-21-13-11-19-36(38)37-20-12-14-22-39(37)40)45(52)51(7)44(32(3)4)46(53)56-48(34-17-9-8-10-18-34,35-27-25-33(5)26-28-35)41-23-15-16-24-42(41)49/h8-28,31-32,40,43-44H,29-30H2,1-7H3/t43-,44-,48?/m0/s1. The molecule has 1 unspecified atom stereocenters. The van der Waals surface area contributed by atoms with Crippen LogP contribution in [0, 0.1) is 18.8 Å². The van der Waals surface area contributed by atoms with Crippen molar-refractivity contribution in [2.24, 2.45) is 11.8 Å². The summed E-state index contributed by atoms with van der Waals surface area (Å²) < 4.78 is 12.8. The summed E-state index contributed by atoms with van der Waals surface area (Å²) in [6.45, 7) is 9.89. The van der Waals surface area contributed by atoms with Crippen LogP contribution in [0.15, 0.2) is 127 Å². The van der Waals surface area contributed by atoms with Crippen LogP contribution in [0.25, 0.3) is 11.1 Å². The van der Waals surface area contributed by atoms with E-state index >= 15 is 0 Å². The van der Waals surface area contributed by atoms with Crippen molar-refractivity contribution in [1.29, 1.82) is 0 Å². The SMILES string of the molecule is Cc1ccc(C(OC(=O)[C@H](C(C)C)N(C)C(=O)[C@H](CC(C)C)N(C)C(=O)OCC2c3ccccc3-c3ccccc32)(c2ccccc2)c2ccccc2Cl)cc1. The lowest BCUT2D eigenvalue weighted by Gasteiger charge is -2.40. The Hall–Kier alpha value is -5.40. The number of amides is 2. The van der Waals surface area contributed by atoms with Gasteiger partial charge in [-0.2, -0.15) is 0 Å². The van der Waals surface area contributed by atoms with Crippen LogP contribution < -0.4 is 0 Å². The number of fused-ring (bicyclic) bond motifs is 3. The van der Waals surface area contributed by atoms with Crippen molar-refractivity contribution >= 4 is 29.6 Å². The summed E-state index contributed by atoms with van der Waals surface area (Å²) in [7, 11) is 3.20. The van der Waals surface area contributed by atoms with Crippen LogP contribution in [0.2, 0.25) is 5.02 Å². The third kappa shape index (κ3) is 7.96. The molecule has 7 nitrogen and oxygen atoms in total. The highest BCUT2D eigenvalue weighted by Gasteiger charge is 2.46. The Bertz CT molecular complexity index is 2120. The topological polar surface area (TPSA) is 76.2 Å². The molecule has 1 aliphatic rings. The number of nitrogens with zero attached hydrogens (tertiary/aromatic N) is 2. The fraction of sp³-hybridized carbons (Fsp3) is 0.312. The van der Waals surface area contributed by atoms with Crippen LogP contribution in [0.4, 0.5) is 4.79 Å². The lowest BCUT2D eigenvalue weighted by Crippen LogP contribution is -2.55. The first-order valence-electron chi connectivity index (χ1n) is 19.3. The molecule has 0 fully saturated rings. The van der Waals surface area contributed by atoms with Gasteiger partial charge in [0.05, 0.1) is 0 Å². The molecule has 1 aliphatic carbocycles. The number of likely N-dealkylation sites (N-methyl/N-ethyl adjacent to an activating group) is 2. The monoisotopic (exact) mass is 770 g/mol. The van der Waals surface area contributed by atoms with E-state index in [0.717, 1.165) is 27.8 Å². The van der Waals surface area contributed by atoms with Crippen molar-refractivity contribution in [3.63, 3.8) is 0 Å². The van der Waals surface area contributed by atoms with Crippen molar-refractivity contribution in [1.82, 2.24) is 9.80 Å². The molecule has 0 saturated carbocycles. The van der Waals surface area contributed by atoms with Crippen LogP contribution in [0.3, 0.4) is 0 Å². The predicted molar refractivity (Wildman–Crippen MR) is 223 cm³/mol. The predicted octanol–water partition coefficient (Wildman–Crippen LogP) is 10.3. The number of carbonyl (C=O) groups excluding carboxylic acids is 3. The van der Waals surface area contributed by atoms with Gasteiger partial charge in [-0.05, 0) is 53.5 Å². The van der Waals surface area contributed by atoms with E-state index in [4.69, 9.17) is 21.1 Å². The van der Waals surface area contributed by atoms with Crippen LogP contribution in [-0.2, 0) is 24.7 Å². The number of aryl methyl sites for hydroxylation is 1. The fourth-order valence-corrected chi connectivity index (χ4v) is 8.28. The zero-order chi connectivity index (χ0) is 40.1. The summed E-state index contributed by atoms with van der Waals surface area (Å²) in [5, 5.41) is 0.428. The third-order valence-corrected chi connectivity index (χ3v) is 11.2. The first-order chi connectivity index (χ1) is 26.8. The number of rotatable bonds is 13. The molecule has 0 spiro atoms. The van der Waals surface area contributed by atoms with Crippen LogP contribution in [0.1, 0.15) is 73.4 Å². The van der Waals surface area contributed by atoms with Crippen LogP contribution in [0.5, 0.6) is 0 Å². The number of esters is 1. The van der Waals surface area contributed by atoms with Crippen LogP contribution >= 0.6 is 11.6 Å². The van der Waals surface area contributed by atoms with Crippen molar-refractivity contribution in [2.75, 3.05) is 20.7 Å². The Morgan fingerprint density at radius 1 is 0.696 bits per heavy atom. The maximum Gasteiger partial charge on any atom is 0.410 e. The molecular weight excluding hydrogens is 720 g/mol. The number of hydrogen-bond acceptors (Lipinski definition) is 5. The highest BCUT2D eigenvalue weighted by molar-refractivity contribution is 6.31. The zero-order valence-corrected chi connectivity index (χ0v) is 34.0. The van der Waals surface area contributed by atoms with Gasteiger partial charge in [-0.3, -0.25) is 9.69 Å². The summed E-state index contributed by atoms with van der Waals surface area (Å²) in [6, 6.07) is 39.1. The molecule has 5 aromatic carbocycles. The first-order valence-corrected chi connectivity index (χ1v) is 19.7. The van der Waals surface area contributed by atoms with E-state index in [2.05, 4.69) is 24.3 Å². The number of benzene rings is 5. The van der Waals surface area contributed by atoms with Gasteiger partial charge in [-0.25, -0.2) is 9.59 Å². The van der Waals surface area contributed by atoms with E-state index in [0.29, 0.717) is 28.1 Å². The lowest BCUT2D eigenvalue weighted by atomic mass is 9.79. The molecule has 0 N–H and O–H groups in total. The number of hydrogen-bond donors (Lipinski definition) is 0. The molecule has 0 heterocycles. The van der Waals surface area contributed by atoms with Gasteiger partial charge in [0.15, 0.2) is 5.60 Å². The molecule has 0 aliphatic heterocycles. The lowest BCUT2D eigenvalue weighted by molar-refractivity contribution is -0.165. The highest BCUT2D eigenvalue weighted by Crippen LogP contribution is 2.46. The summed E-state index contributed by atoms with van der Waals surface area (Å²) >= 11 is 6.94. The second-order valence-electron chi connectivity index (χ2n) is 15.5. The summed E-state index contributed by atoms with van der Waals surface area (Å²) in [4.78, 5) is 46.2. The van der Waals surface area contributed by atoms with Gasteiger partial charge in [-0.1, -0.05) is 166 Å². The normalized spacial score (nSPS) is 14.3. The maximum atomic E-state index is 14.9. The van der Waals surface area contributed by atoms with Gasteiger partial charge < -0.3 is 14.4 Å². The molecular formula is C48H51ClN2O5. The minimum absolute atomic E-state index is 0.0538. The molecule has 2 amide bonds. The van der Waals surface area contributed by atoms with E-state index in [1.807, 2.05) is 132 Å². The molecule has 3 atom stereocenters. The molecule has 0 aromatic heterocycles. The summed E-state index contributed by atoms with van der Waals surface area (Å²) in [5.41, 5.74) is 6.07. The molecule has 56 heavy (non-hydrogen) atoms. The highest BCUT2D eigenvalue weighted by atomic mass is 35.5. The van der Waals surface area contributed by atoms with Crippen molar-refractivity contribution in [3.05, 3.63) is 166 Å². The van der Waals surface area contributed by atoms with E-state index in [1.165, 1.54) is 9.80 Å². The minimum atomic E-state index is -1.45. The number of halogens is 1. The fourth-order valence-electron chi connectivity index (χ4n) is 8.01. The van der Waals surface area contributed by atoms with Gasteiger partial charge in [0.1, 0.15) is 18.7 Å². The minimum Gasteiger partial charge on any atom is -0.448 e. The van der Waals surface area contributed by atoms with E-state index < -0.39 is 29.7 Å². The van der Waals surface area contributed by atoms with E-state index in [-0.39, 0.29) is 30.3 Å². The summed E-state index contributed by atoms with van der Waals surface area (Å²) in [5.74, 6) is -1.42. The van der Waals surface area contributed by atoms with E-state index in [1.54, 1.807) is 20.2 Å². The molecule has 0 bridgehead atoms. The van der Waals surface area contributed by atoms with Gasteiger partial charge in [0, 0.05) is 41.7 Å².